The highest BCUT2D eigenvalue weighted by atomic mass is 32.1. The van der Waals surface area contributed by atoms with Crippen LogP contribution in [0.25, 0.3) is 47.7 Å². The molecule has 0 radical (unpaired) electrons. The molecule has 0 atom stereocenters. The third-order valence-electron chi connectivity index (χ3n) is 4.96. The summed E-state index contributed by atoms with van der Waals surface area (Å²) in [5, 5.41) is 5.33. The van der Waals surface area contributed by atoms with Gasteiger partial charge in [-0.15, -0.1) is 11.3 Å². The molecule has 0 unspecified atom stereocenters. The number of hydrogen-bond donors (Lipinski definition) is 0. The molecule has 0 saturated carbocycles. The van der Waals surface area contributed by atoms with Gasteiger partial charge in [0.25, 0.3) is 0 Å². The number of benzene rings is 4. The summed E-state index contributed by atoms with van der Waals surface area (Å²) in [5.41, 5.74) is 3.90. The normalized spacial score (nSPS) is 12.2. The predicted molar refractivity (Wildman–Crippen MR) is 105 cm³/mol. The van der Waals surface area contributed by atoms with Gasteiger partial charge in [0.2, 0.25) is 0 Å². The van der Waals surface area contributed by atoms with E-state index in [1.807, 2.05) is 11.3 Å². The number of rotatable bonds is 0. The van der Waals surface area contributed by atoms with Crippen LogP contribution < -0.4 is 0 Å². The lowest BCUT2D eigenvalue weighted by atomic mass is 9.98. The Hall–Kier alpha value is -2.84. The standard InChI is InChI=1S/C22H13NS/c1-2-12-19-17(10-1)23-18-11-4-7-14-6-3-8-15(21(14)18)16-9-5-13-20(24-19)22(16)23/h1-13H. The molecular weight excluding hydrogens is 310 g/mol. The first-order valence-electron chi connectivity index (χ1n) is 8.14. The molecule has 0 spiro atoms. The van der Waals surface area contributed by atoms with Gasteiger partial charge in [0.15, 0.2) is 0 Å². The first kappa shape index (κ1) is 12.6. The average Bonchev–Trinajstić information content (AvgIpc) is 2.64. The summed E-state index contributed by atoms with van der Waals surface area (Å²) in [5.74, 6) is 0. The zero-order valence-corrected chi connectivity index (χ0v) is 13.7. The molecule has 2 heterocycles. The predicted octanol–water partition coefficient (Wildman–Crippen LogP) is 6.59. The minimum atomic E-state index is 1.28. The van der Waals surface area contributed by atoms with Crippen LogP contribution in [0.2, 0.25) is 0 Å². The van der Waals surface area contributed by atoms with Crippen molar-refractivity contribution in [2.45, 2.75) is 0 Å². The zero-order valence-electron chi connectivity index (χ0n) is 12.9. The highest BCUT2D eigenvalue weighted by Crippen LogP contribution is 2.42. The molecular formula is C22H13NS. The molecule has 0 fully saturated rings. The highest BCUT2D eigenvalue weighted by Gasteiger charge is 2.18. The average molecular weight is 323 g/mol. The topological polar surface area (TPSA) is 4.93 Å². The lowest BCUT2D eigenvalue weighted by molar-refractivity contribution is 1.20. The van der Waals surface area contributed by atoms with Crippen molar-refractivity contribution in [2.24, 2.45) is 0 Å². The number of pyridine rings is 1. The van der Waals surface area contributed by atoms with Crippen LogP contribution in [-0.2, 0) is 0 Å². The van der Waals surface area contributed by atoms with Gasteiger partial charge in [-0.05, 0) is 35.0 Å². The van der Waals surface area contributed by atoms with Gasteiger partial charge in [-0.3, -0.25) is 0 Å². The Morgan fingerprint density at radius 1 is 0.583 bits per heavy atom. The van der Waals surface area contributed by atoms with Crippen LogP contribution in [0.15, 0.2) is 78.9 Å². The van der Waals surface area contributed by atoms with E-state index >= 15 is 0 Å². The van der Waals surface area contributed by atoms with E-state index in [1.165, 1.54) is 47.7 Å². The van der Waals surface area contributed by atoms with Crippen LogP contribution >= 0.6 is 11.3 Å². The molecule has 112 valence electrons. The first-order chi connectivity index (χ1) is 11.9. The monoisotopic (exact) mass is 323 g/mol. The molecule has 2 aliphatic heterocycles. The Morgan fingerprint density at radius 3 is 2.25 bits per heavy atom. The van der Waals surface area contributed by atoms with E-state index in [-0.39, 0.29) is 0 Å². The highest BCUT2D eigenvalue weighted by molar-refractivity contribution is 7.24. The lowest BCUT2D eigenvalue weighted by Gasteiger charge is -2.22. The summed E-state index contributed by atoms with van der Waals surface area (Å²) in [6, 6.07) is 28.6. The minimum Gasteiger partial charge on any atom is -0.306 e. The molecule has 1 nitrogen and oxygen atoms in total. The van der Waals surface area contributed by atoms with Crippen molar-refractivity contribution in [1.29, 1.82) is 0 Å². The number of fused-ring (bicyclic) bond motifs is 4. The van der Waals surface area contributed by atoms with Crippen LogP contribution in [0.4, 0.5) is 0 Å². The molecule has 2 heteroatoms. The van der Waals surface area contributed by atoms with E-state index in [1.54, 1.807) is 0 Å². The number of nitrogens with zero attached hydrogens (tertiary/aromatic N) is 1. The SMILES string of the molecule is c1ccc2c(c1)sc1cccc3c1-n2c1cccc2cccc3c21. The second-order valence-corrected chi connectivity index (χ2v) is 7.32. The van der Waals surface area contributed by atoms with E-state index in [2.05, 4.69) is 83.4 Å². The van der Waals surface area contributed by atoms with Crippen LogP contribution in [0.5, 0.6) is 0 Å². The Morgan fingerprint density at radius 2 is 1.29 bits per heavy atom. The van der Waals surface area contributed by atoms with Crippen molar-refractivity contribution in [3.8, 4) is 5.69 Å². The molecule has 6 rings (SSSR count). The Kier molecular flexibility index (Phi) is 2.29. The summed E-state index contributed by atoms with van der Waals surface area (Å²) in [4.78, 5) is 0. The van der Waals surface area contributed by atoms with Crippen molar-refractivity contribution < 1.29 is 0 Å². The quantitative estimate of drug-likeness (QED) is 0.219. The molecule has 0 amide bonds. The van der Waals surface area contributed by atoms with Gasteiger partial charge in [-0.1, -0.05) is 54.6 Å². The first-order valence-corrected chi connectivity index (χ1v) is 8.95. The maximum atomic E-state index is 2.45. The number of para-hydroxylation sites is 2. The molecule has 4 aromatic carbocycles. The van der Waals surface area contributed by atoms with Gasteiger partial charge in [-0.2, -0.15) is 0 Å². The van der Waals surface area contributed by atoms with Crippen LogP contribution in [-0.4, -0.2) is 4.57 Å². The molecule has 0 N–H and O–H groups in total. The fraction of sp³-hybridized carbons (Fsp3) is 0. The molecule has 0 saturated heterocycles. The molecule has 0 bridgehead atoms. The molecule has 0 aromatic heterocycles. The van der Waals surface area contributed by atoms with E-state index in [0.29, 0.717) is 0 Å². The van der Waals surface area contributed by atoms with Gasteiger partial charge in [-0.25, -0.2) is 0 Å². The summed E-state index contributed by atoms with van der Waals surface area (Å²) in [6.07, 6.45) is 0. The van der Waals surface area contributed by atoms with E-state index in [9.17, 15) is 0 Å². The van der Waals surface area contributed by atoms with E-state index < -0.39 is 0 Å². The zero-order chi connectivity index (χ0) is 15.7. The molecule has 24 heavy (non-hydrogen) atoms. The van der Waals surface area contributed by atoms with Crippen LogP contribution in [0, 0.1) is 0 Å². The van der Waals surface area contributed by atoms with Crippen molar-refractivity contribution >= 4 is 53.3 Å². The Labute approximate surface area is 142 Å². The van der Waals surface area contributed by atoms with E-state index in [4.69, 9.17) is 0 Å². The van der Waals surface area contributed by atoms with Crippen molar-refractivity contribution in [2.75, 3.05) is 0 Å². The maximum Gasteiger partial charge on any atom is 0.0713 e. The van der Waals surface area contributed by atoms with Gasteiger partial charge in [0.1, 0.15) is 0 Å². The van der Waals surface area contributed by atoms with Gasteiger partial charge >= 0.3 is 0 Å². The number of aromatic nitrogens is 1. The second-order valence-electron chi connectivity index (χ2n) is 6.24. The third-order valence-corrected chi connectivity index (χ3v) is 6.08. The minimum absolute atomic E-state index is 1.28. The van der Waals surface area contributed by atoms with Crippen molar-refractivity contribution in [3.63, 3.8) is 0 Å². The lowest BCUT2D eigenvalue weighted by Crippen LogP contribution is -2.03. The van der Waals surface area contributed by atoms with E-state index in [0.717, 1.165) is 0 Å². The Bertz CT molecular complexity index is 1350. The van der Waals surface area contributed by atoms with Crippen LogP contribution in [0.1, 0.15) is 0 Å². The van der Waals surface area contributed by atoms with Crippen molar-refractivity contribution in [3.05, 3.63) is 78.9 Å². The van der Waals surface area contributed by atoms with Crippen molar-refractivity contribution in [1.82, 2.24) is 4.57 Å². The molecule has 4 aromatic rings. The fourth-order valence-electron chi connectivity index (χ4n) is 4.00. The smallest absolute Gasteiger partial charge is 0.0713 e. The molecule has 2 aliphatic rings. The van der Waals surface area contributed by atoms with Crippen LogP contribution in [0.3, 0.4) is 0 Å². The van der Waals surface area contributed by atoms with Gasteiger partial charge in [0.05, 0.1) is 26.1 Å². The summed E-state index contributed by atoms with van der Waals surface area (Å²) >= 11 is 1.87. The summed E-state index contributed by atoms with van der Waals surface area (Å²) in [6.45, 7) is 0. The molecule has 0 aliphatic carbocycles. The van der Waals surface area contributed by atoms with Gasteiger partial charge < -0.3 is 4.57 Å². The summed E-state index contributed by atoms with van der Waals surface area (Å²) < 4.78 is 5.10. The fourth-order valence-corrected chi connectivity index (χ4v) is 5.09. The maximum absolute atomic E-state index is 2.45. The second kappa shape index (κ2) is 4.37. The Balaban J connectivity index is 2.11. The number of hydrogen-bond acceptors (Lipinski definition) is 1. The third kappa shape index (κ3) is 1.44. The largest absolute Gasteiger partial charge is 0.306 e. The van der Waals surface area contributed by atoms with Gasteiger partial charge in [0, 0.05) is 10.8 Å². The summed E-state index contributed by atoms with van der Waals surface area (Å²) in [7, 11) is 0.